The first kappa shape index (κ1) is 28.6. The third-order valence-corrected chi connectivity index (χ3v) is 10.00. The van der Waals surface area contributed by atoms with Gasteiger partial charge in [-0.3, -0.25) is 0 Å². The van der Waals surface area contributed by atoms with E-state index < -0.39 is 32.3 Å². The van der Waals surface area contributed by atoms with Gasteiger partial charge in [0.2, 0.25) is 5.71 Å². The number of hydrogen-bond acceptors (Lipinski definition) is 5. The Morgan fingerprint density at radius 3 is 1.70 bits per heavy atom. The standard InChI is InChI=1S/C55H39N4O.Ir/c1-37-19-27-49-48-17-10-18-50(54(48)60-55(49)59-37)53-30-26-44(36-58-53)46-15-8-9-16-47(46)45-32-40(22-20-38-24-28-51(56-34-38)42-11-4-2-5-12-42)31-41(33-45)23-21-39-25-29-52(57-35-39)43-13-6-3-7-14-43;/h2-11,13,15-17,19,24-36H,20-23H2,1H3;/q-3;+3/i1D3,20D2,21D2,22D2,23D2;. The molecule has 0 aliphatic rings. The number of hydrogen-bond donors (Lipinski definition) is 0. The van der Waals surface area contributed by atoms with Crippen LogP contribution >= 0.6 is 0 Å². The number of aryl methyl sites for hydroxylation is 5. The zero-order valence-electron chi connectivity index (χ0n) is 43.2. The number of aromatic nitrogens is 4. The molecule has 5 aromatic carbocycles. The number of benzene rings is 5. The third-order valence-electron chi connectivity index (χ3n) is 10.00. The smallest absolute Gasteiger partial charge is 0.486 e. The second-order valence-corrected chi connectivity index (χ2v) is 13.9. The maximum Gasteiger partial charge on any atom is 3.00 e. The summed E-state index contributed by atoms with van der Waals surface area (Å²) < 4.78 is 105. The largest absolute Gasteiger partial charge is 3.00 e. The Hall–Kier alpha value is -6.85. The van der Waals surface area contributed by atoms with Gasteiger partial charge in [-0.25, -0.2) is 4.98 Å². The molecule has 0 radical (unpaired) electrons. The van der Waals surface area contributed by atoms with Crippen molar-refractivity contribution in [2.45, 2.75) is 32.3 Å². The molecule has 0 bridgehead atoms. The van der Waals surface area contributed by atoms with Gasteiger partial charge in [0, 0.05) is 44.7 Å². The van der Waals surface area contributed by atoms with Gasteiger partial charge in [0.05, 0.1) is 5.58 Å². The monoisotopic (exact) mass is 975 g/mol. The van der Waals surface area contributed by atoms with Crippen LogP contribution in [0.15, 0.2) is 175 Å². The minimum absolute atomic E-state index is 0. The Morgan fingerprint density at radius 2 is 1.13 bits per heavy atom. The van der Waals surface area contributed by atoms with Gasteiger partial charge in [0.1, 0.15) is 0 Å². The van der Waals surface area contributed by atoms with E-state index in [0.29, 0.717) is 72.4 Å². The molecule has 0 saturated heterocycles. The van der Waals surface area contributed by atoms with Gasteiger partial charge in [0.15, 0.2) is 0 Å². The van der Waals surface area contributed by atoms with E-state index in [0.717, 1.165) is 0 Å². The molecule has 10 rings (SSSR count). The molecule has 294 valence electrons. The molecule has 0 spiro atoms. The van der Waals surface area contributed by atoms with Crippen molar-refractivity contribution in [1.82, 2.24) is 19.9 Å². The molecule has 0 aliphatic carbocycles. The van der Waals surface area contributed by atoms with Crippen LogP contribution in [0.3, 0.4) is 0 Å². The number of pyridine rings is 4. The fraction of sp³-hybridized carbons (Fsp3) is 0.0909. The molecule has 0 saturated carbocycles. The first-order chi connectivity index (χ1) is 33.8. The number of nitrogens with zero attached hydrogens (tertiary/aromatic N) is 4. The molecule has 0 N–H and O–H groups in total. The molecule has 0 fully saturated rings. The topological polar surface area (TPSA) is 64.7 Å². The second kappa shape index (κ2) is 17.8. The van der Waals surface area contributed by atoms with Crippen LogP contribution in [0.2, 0.25) is 0 Å². The van der Waals surface area contributed by atoms with E-state index in [-0.39, 0.29) is 53.8 Å². The van der Waals surface area contributed by atoms with Crippen molar-refractivity contribution in [3.05, 3.63) is 216 Å². The van der Waals surface area contributed by atoms with Crippen molar-refractivity contribution in [3.8, 4) is 56.0 Å². The van der Waals surface area contributed by atoms with Crippen LogP contribution in [-0.4, -0.2) is 19.9 Å². The fourth-order valence-corrected chi connectivity index (χ4v) is 7.08. The number of furan rings is 1. The predicted octanol–water partition coefficient (Wildman–Crippen LogP) is 12.8. The van der Waals surface area contributed by atoms with Crippen LogP contribution in [0.5, 0.6) is 0 Å². The van der Waals surface area contributed by atoms with Gasteiger partial charge in [0.25, 0.3) is 0 Å². The van der Waals surface area contributed by atoms with Gasteiger partial charge >= 0.3 is 20.1 Å². The quantitative estimate of drug-likeness (QED) is 0.121. The summed E-state index contributed by atoms with van der Waals surface area (Å²) in [6.45, 7) is -2.42. The molecule has 0 atom stereocenters. The second-order valence-electron chi connectivity index (χ2n) is 13.9. The van der Waals surface area contributed by atoms with Crippen molar-refractivity contribution < 1.29 is 39.6 Å². The summed E-state index contributed by atoms with van der Waals surface area (Å²) >= 11 is 0. The average Bonchev–Trinajstić information content (AvgIpc) is 3.77. The molecule has 0 amide bonds. The third kappa shape index (κ3) is 8.60. The van der Waals surface area contributed by atoms with E-state index in [1.165, 1.54) is 48.8 Å². The molecule has 5 heterocycles. The van der Waals surface area contributed by atoms with E-state index in [4.69, 9.17) is 13.5 Å². The Labute approximate surface area is 385 Å². The molecule has 0 aliphatic heterocycles. The molecule has 61 heavy (non-hydrogen) atoms. The Morgan fingerprint density at radius 1 is 0.525 bits per heavy atom. The van der Waals surface area contributed by atoms with Gasteiger partial charge < -0.3 is 19.4 Å². The van der Waals surface area contributed by atoms with E-state index in [1.807, 2.05) is 60.7 Å². The van der Waals surface area contributed by atoms with Crippen molar-refractivity contribution >= 4 is 22.1 Å². The molecular weight excluding hydrogens is 925 g/mol. The van der Waals surface area contributed by atoms with Crippen molar-refractivity contribution in [3.63, 3.8) is 0 Å². The maximum atomic E-state index is 9.54. The number of fused-ring (bicyclic) bond motifs is 3. The van der Waals surface area contributed by atoms with Crippen LogP contribution in [0, 0.1) is 25.1 Å². The minimum Gasteiger partial charge on any atom is -0.486 e. The minimum atomic E-state index is -2.84. The van der Waals surface area contributed by atoms with Gasteiger partial charge in [-0.05, 0) is 106 Å². The van der Waals surface area contributed by atoms with Gasteiger partial charge in [-0.2, -0.15) is 0 Å². The molecule has 5 aromatic heterocycles. The normalized spacial score (nSPS) is 15.0. The van der Waals surface area contributed by atoms with Crippen LogP contribution in [0.1, 0.15) is 43.0 Å². The van der Waals surface area contributed by atoms with Crippen LogP contribution in [0.4, 0.5) is 0 Å². The van der Waals surface area contributed by atoms with Gasteiger partial charge in [-0.1, -0.05) is 89.8 Å². The van der Waals surface area contributed by atoms with E-state index in [9.17, 15) is 11.0 Å². The maximum absolute atomic E-state index is 9.54. The van der Waals surface area contributed by atoms with Crippen LogP contribution in [0.25, 0.3) is 78.1 Å². The molecule has 0 unspecified atom stereocenters. The SMILES string of the molecule is [2H]C([2H])([2H])c1ccc2c(n1)oc1c(-c3ccc(-c4ccccc4-c4cc(C([2H])([2H])C([2H])([2H])c5ccc(-c6[c-]cccc6)nc5)cc(C([2H])([2H])C([2H])([2H])c5ccc(-c6[c-]cccc6)nc5)c4)cn3)[c-]ccc12.[Ir+3]. The molecule has 10 aromatic rings. The number of rotatable bonds is 11. The van der Waals surface area contributed by atoms with Crippen LogP contribution in [-0.2, 0) is 45.6 Å². The molecule has 6 heteroatoms. The molecular formula is C55H39IrN4O. The van der Waals surface area contributed by atoms with Crippen molar-refractivity contribution in [2.75, 3.05) is 0 Å². The Bertz CT molecular complexity index is 3450. The summed E-state index contributed by atoms with van der Waals surface area (Å²) in [6, 6.07) is 51.5. The first-order valence-corrected chi connectivity index (χ1v) is 19.2. The Balaban J connectivity index is 0.00000640. The van der Waals surface area contributed by atoms with Crippen molar-refractivity contribution in [1.29, 1.82) is 0 Å². The first-order valence-electron chi connectivity index (χ1n) is 24.7. The van der Waals surface area contributed by atoms with E-state index in [1.54, 1.807) is 60.8 Å². The van der Waals surface area contributed by atoms with Crippen LogP contribution < -0.4 is 0 Å². The zero-order chi connectivity index (χ0) is 49.9. The average molecular weight is 975 g/mol. The predicted molar refractivity (Wildman–Crippen MR) is 241 cm³/mol. The zero-order valence-corrected chi connectivity index (χ0v) is 34.6. The van der Waals surface area contributed by atoms with E-state index >= 15 is 0 Å². The van der Waals surface area contributed by atoms with Gasteiger partial charge in [-0.15, -0.1) is 90.0 Å². The summed E-state index contributed by atoms with van der Waals surface area (Å²) in [6.07, 6.45) is -6.94. The fourth-order valence-electron chi connectivity index (χ4n) is 7.08. The summed E-state index contributed by atoms with van der Waals surface area (Å²) in [5.74, 6) is 0. The summed E-state index contributed by atoms with van der Waals surface area (Å²) in [7, 11) is 0. The summed E-state index contributed by atoms with van der Waals surface area (Å²) in [4.78, 5) is 18.0. The van der Waals surface area contributed by atoms with E-state index in [2.05, 4.69) is 33.2 Å². The molecule has 5 nitrogen and oxygen atoms in total. The summed E-state index contributed by atoms with van der Waals surface area (Å²) in [5.41, 5.74) is 5.35. The summed E-state index contributed by atoms with van der Waals surface area (Å²) in [5, 5.41) is 1.34. The Kier molecular flexibility index (Phi) is 8.34. The van der Waals surface area contributed by atoms with Crippen molar-refractivity contribution in [2.24, 2.45) is 0 Å².